The molecule has 8 heteroatoms. The van der Waals surface area contributed by atoms with E-state index < -0.39 is 23.8 Å². The normalized spacial score (nSPS) is 13.3. The fraction of sp³-hybridized carbons (Fsp3) is 0.417. The lowest BCUT2D eigenvalue weighted by Gasteiger charge is -2.14. The SMILES string of the molecule is CC(CNC(=O)C(C)NC(=O)c1ccc(Br)s1)C(=O)O. The van der Waals surface area contributed by atoms with Gasteiger partial charge in [0.15, 0.2) is 0 Å². The molecule has 1 aromatic rings. The molecule has 2 unspecified atom stereocenters. The predicted molar refractivity (Wildman–Crippen MR) is 78.8 cm³/mol. The van der Waals surface area contributed by atoms with Gasteiger partial charge in [0.1, 0.15) is 6.04 Å². The first-order valence-electron chi connectivity index (χ1n) is 5.88. The van der Waals surface area contributed by atoms with Crippen LogP contribution in [0.15, 0.2) is 15.9 Å². The van der Waals surface area contributed by atoms with E-state index in [2.05, 4.69) is 26.6 Å². The average molecular weight is 363 g/mol. The van der Waals surface area contributed by atoms with Crippen molar-refractivity contribution in [3.63, 3.8) is 0 Å². The van der Waals surface area contributed by atoms with E-state index in [4.69, 9.17) is 5.11 Å². The van der Waals surface area contributed by atoms with Crippen molar-refractivity contribution in [3.8, 4) is 0 Å². The summed E-state index contributed by atoms with van der Waals surface area (Å²) in [5, 5.41) is 13.7. The van der Waals surface area contributed by atoms with Gasteiger partial charge in [0.25, 0.3) is 5.91 Å². The van der Waals surface area contributed by atoms with E-state index in [1.54, 1.807) is 19.1 Å². The highest BCUT2D eigenvalue weighted by molar-refractivity contribution is 9.11. The Kier molecular flexibility index (Phi) is 6.15. The molecule has 3 N–H and O–H groups in total. The number of nitrogens with one attached hydrogen (secondary N) is 2. The molecule has 1 rings (SSSR count). The van der Waals surface area contributed by atoms with Crippen LogP contribution in [0.25, 0.3) is 0 Å². The third-order valence-corrected chi connectivity index (χ3v) is 4.16. The number of carbonyl (C=O) groups excluding carboxylic acids is 2. The third kappa shape index (κ3) is 4.93. The summed E-state index contributed by atoms with van der Waals surface area (Å²) >= 11 is 4.52. The van der Waals surface area contributed by atoms with Crippen molar-refractivity contribution < 1.29 is 19.5 Å². The highest BCUT2D eigenvalue weighted by atomic mass is 79.9. The number of thiophene rings is 1. The molecule has 20 heavy (non-hydrogen) atoms. The van der Waals surface area contributed by atoms with Gasteiger partial charge in [-0.05, 0) is 35.0 Å². The number of aliphatic carboxylic acids is 1. The Hall–Kier alpha value is -1.41. The Morgan fingerprint density at radius 3 is 2.50 bits per heavy atom. The molecule has 0 radical (unpaired) electrons. The molecule has 110 valence electrons. The van der Waals surface area contributed by atoms with E-state index in [0.29, 0.717) is 4.88 Å². The van der Waals surface area contributed by atoms with Gasteiger partial charge in [-0.2, -0.15) is 0 Å². The molecule has 0 aliphatic carbocycles. The lowest BCUT2D eigenvalue weighted by Crippen LogP contribution is -2.46. The van der Waals surface area contributed by atoms with Crippen molar-refractivity contribution in [2.45, 2.75) is 19.9 Å². The smallest absolute Gasteiger partial charge is 0.308 e. The van der Waals surface area contributed by atoms with Crippen LogP contribution in [0.3, 0.4) is 0 Å². The number of amides is 2. The van der Waals surface area contributed by atoms with E-state index in [9.17, 15) is 14.4 Å². The maximum Gasteiger partial charge on any atom is 0.308 e. The molecule has 0 aromatic carbocycles. The second-order valence-electron chi connectivity index (χ2n) is 4.28. The molecule has 1 aromatic heterocycles. The number of hydrogen-bond donors (Lipinski definition) is 3. The highest BCUT2D eigenvalue weighted by Gasteiger charge is 2.19. The van der Waals surface area contributed by atoms with Crippen LogP contribution in [0, 0.1) is 5.92 Å². The van der Waals surface area contributed by atoms with Crippen molar-refractivity contribution >= 4 is 45.1 Å². The number of carboxylic acids is 1. The maximum atomic E-state index is 11.8. The molecule has 0 saturated carbocycles. The summed E-state index contributed by atoms with van der Waals surface area (Å²) in [4.78, 5) is 34.7. The Balaban J connectivity index is 2.45. The zero-order valence-electron chi connectivity index (χ0n) is 11.0. The average Bonchev–Trinajstić information content (AvgIpc) is 2.81. The number of carbonyl (C=O) groups is 3. The summed E-state index contributed by atoms with van der Waals surface area (Å²) in [5.41, 5.74) is 0. The van der Waals surface area contributed by atoms with E-state index in [1.807, 2.05) is 0 Å². The van der Waals surface area contributed by atoms with Crippen molar-refractivity contribution in [2.24, 2.45) is 5.92 Å². The number of hydrogen-bond acceptors (Lipinski definition) is 4. The quantitative estimate of drug-likeness (QED) is 0.713. The van der Waals surface area contributed by atoms with Gasteiger partial charge in [-0.1, -0.05) is 6.92 Å². The lowest BCUT2D eigenvalue weighted by molar-refractivity contribution is -0.141. The van der Waals surface area contributed by atoms with E-state index in [0.717, 1.165) is 3.79 Å². The summed E-state index contributed by atoms with van der Waals surface area (Å²) < 4.78 is 0.829. The van der Waals surface area contributed by atoms with Gasteiger partial charge in [0.05, 0.1) is 14.6 Å². The van der Waals surface area contributed by atoms with Crippen LogP contribution in [-0.4, -0.2) is 35.5 Å². The largest absolute Gasteiger partial charge is 0.481 e. The van der Waals surface area contributed by atoms with Gasteiger partial charge in [-0.25, -0.2) is 0 Å². The van der Waals surface area contributed by atoms with Gasteiger partial charge in [0.2, 0.25) is 5.91 Å². The molecule has 0 fully saturated rings. The van der Waals surface area contributed by atoms with Crippen LogP contribution >= 0.6 is 27.3 Å². The first-order valence-corrected chi connectivity index (χ1v) is 7.49. The van der Waals surface area contributed by atoms with Gasteiger partial charge in [-0.3, -0.25) is 14.4 Å². The Labute approximate surface area is 128 Å². The molecular formula is C12H15BrN2O4S. The predicted octanol–water partition coefficient (Wildman–Crippen LogP) is 1.47. The molecule has 2 atom stereocenters. The van der Waals surface area contributed by atoms with Gasteiger partial charge in [0, 0.05) is 6.54 Å². The molecule has 6 nitrogen and oxygen atoms in total. The van der Waals surface area contributed by atoms with Crippen molar-refractivity contribution in [1.82, 2.24) is 10.6 Å². The van der Waals surface area contributed by atoms with Crippen LogP contribution in [-0.2, 0) is 9.59 Å². The number of halogens is 1. The van der Waals surface area contributed by atoms with E-state index in [-0.39, 0.29) is 12.5 Å². The van der Waals surface area contributed by atoms with Crippen molar-refractivity contribution in [1.29, 1.82) is 0 Å². The topological polar surface area (TPSA) is 95.5 Å². The van der Waals surface area contributed by atoms with Crippen LogP contribution < -0.4 is 10.6 Å². The summed E-state index contributed by atoms with van der Waals surface area (Å²) in [6, 6.07) is 2.67. The standard InChI is InChI=1S/C12H15BrN2O4S/c1-6(12(18)19)5-14-10(16)7(2)15-11(17)8-3-4-9(13)20-8/h3-4,6-7H,5H2,1-2H3,(H,14,16)(H,15,17)(H,18,19). The molecule has 0 aliphatic rings. The lowest BCUT2D eigenvalue weighted by atomic mass is 10.2. The third-order valence-electron chi connectivity index (χ3n) is 2.54. The second kappa shape index (κ2) is 7.39. The zero-order chi connectivity index (χ0) is 15.3. The summed E-state index contributed by atoms with van der Waals surface area (Å²) in [5.74, 6) is -2.41. The fourth-order valence-corrected chi connectivity index (χ4v) is 2.55. The van der Waals surface area contributed by atoms with Crippen molar-refractivity contribution in [2.75, 3.05) is 6.54 Å². The molecule has 1 heterocycles. The van der Waals surface area contributed by atoms with Crippen LogP contribution in [0.5, 0.6) is 0 Å². The van der Waals surface area contributed by atoms with Crippen LogP contribution in [0.2, 0.25) is 0 Å². The first kappa shape index (κ1) is 16.6. The Morgan fingerprint density at radius 1 is 1.35 bits per heavy atom. The van der Waals surface area contributed by atoms with Crippen LogP contribution in [0.1, 0.15) is 23.5 Å². The van der Waals surface area contributed by atoms with Gasteiger partial charge >= 0.3 is 5.97 Å². The fourth-order valence-electron chi connectivity index (χ4n) is 1.26. The zero-order valence-corrected chi connectivity index (χ0v) is 13.4. The van der Waals surface area contributed by atoms with Crippen LogP contribution in [0.4, 0.5) is 0 Å². The second-order valence-corrected chi connectivity index (χ2v) is 6.75. The molecule has 0 spiro atoms. The van der Waals surface area contributed by atoms with Gasteiger partial charge < -0.3 is 15.7 Å². The Morgan fingerprint density at radius 2 is 2.00 bits per heavy atom. The summed E-state index contributed by atoms with van der Waals surface area (Å²) in [6.07, 6.45) is 0. The maximum absolute atomic E-state index is 11.8. The minimum absolute atomic E-state index is 0.0267. The minimum atomic E-state index is -0.981. The first-order chi connectivity index (χ1) is 9.31. The molecular weight excluding hydrogens is 348 g/mol. The molecule has 0 aliphatic heterocycles. The molecule has 0 bridgehead atoms. The van der Waals surface area contributed by atoms with E-state index >= 15 is 0 Å². The summed E-state index contributed by atoms with van der Waals surface area (Å²) in [7, 11) is 0. The monoisotopic (exact) mass is 362 g/mol. The number of rotatable bonds is 6. The van der Waals surface area contributed by atoms with E-state index in [1.165, 1.54) is 18.3 Å². The Bertz CT molecular complexity index is 517. The number of carboxylic acid groups (broad SMARTS) is 1. The highest BCUT2D eigenvalue weighted by Crippen LogP contribution is 2.21. The van der Waals surface area contributed by atoms with Crippen molar-refractivity contribution in [3.05, 3.63) is 20.8 Å². The molecule has 2 amide bonds. The van der Waals surface area contributed by atoms with Gasteiger partial charge in [-0.15, -0.1) is 11.3 Å². The summed E-state index contributed by atoms with van der Waals surface area (Å²) in [6.45, 7) is 3.06. The molecule has 0 saturated heterocycles. The minimum Gasteiger partial charge on any atom is -0.481 e.